The molecular formula is C13H14BrFN2O3. The molecule has 2 N–H and O–H groups in total. The number of nitrogens with zero attached hydrogens (tertiary/aromatic N) is 1. The Kier molecular flexibility index (Phi) is 4.59. The molecule has 1 heterocycles. The van der Waals surface area contributed by atoms with E-state index in [1.165, 1.54) is 23.1 Å². The normalized spacial score (nSPS) is 18.7. The molecule has 1 aliphatic rings. The molecule has 1 atom stereocenters. The van der Waals surface area contributed by atoms with E-state index < -0.39 is 23.9 Å². The number of urea groups is 1. The highest BCUT2D eigenvalue weighted by Crippen LogP contribution is 2.22. The van der Waals surface area contributed by atoms with E-state index in [1.54, 1.807) is 0 Å². The van der Waals surface area contributed by atoms with Crippen LogP contribution in [0.15, 0.2) is 22.7 Å². The van der Waals surface area contributed by atoms with E-state index in [1.807, 2.05) is 0 Å². The van der Waals surface area contributed by atoms with Gasteiger partial charge in [0, 0.05) is 12.2 Å². The third-order valence-corrected chi connectivity index (χ3v) is 3.83. The van der Waals surface area contributed by atoms with Crippen LogP contribution in [0, 0.1) is 5.82 Å². The number of aliphatic carboxylic acids is 1. The Labute approximate surface area is 123 Å². The molecule has 1 aliphatic heterocycles. The number of carbonyl (C=O) groups is 2. The second-order valence-corrected chi connectivity index (χ2v) is 5.46. The first-order valence-corrected chi connectivity index (χ1v) is 7.04. The predicted octanol–water partition coefficient (Wildman–Crippen LogP) is 3.06. The molecule has 2 amide bonds. The maximum atomic E-state index is 13.1. The summed E-state index contributed by atoms with van der Waals surface area (Å²) in [4.78, 5) is 24.6. The second kappa shape index (κ2) is 6.21. The van der Waals surface area contributed by atoms with E-state index in [-0.39, 0.29) is 4.47 Å². The molecule has 0 radical (unpaired) electrons. The minimum atomic E-state index is -1.000. The molecule has 1 aromatic rings. The van der Waals surface area contributed by atoms with E-state index in [0.29, 0.717) is 18.7 Å². The lowest BCUT2D eigenvalue weighted by Crippen LogP contribution is -2.49. The van der Waals surface area contributed by atoms with Crippen molar-refractivity contribution in [2.75, 3.05) is 11.9 Å². The lowest BCUT2D eigenvalue weighted by molar-refractivity contribution is -0.143. The van der Waals surface area contributed by atoms with Crippen molar-refractivity contribution >= 4 is 33.6 Å². The Hall–Kier alpha value is -1.63. The minimum Gasteiger partial charge on any atom is -0.480 e. The number of nitrogens with one attached hydrogen (secondary N) is 1. The summed E-state index contributed by atoms with van der Waals surface area (Å²) >= 11 is 3.03. The number of carboxylic acid groups (broad SMARTS) is 1. The molecule has 2 rings (SSSR count). The molecule has 108 valence electrons. The van der Waals surface area contributed by atoms with Crippen molar-refractivity contribution in [1.82, 2.24) is 4.90 Å². The summed E-state index contributed by atoms with van der Waals surface area (Å²) in [7, 11) is 0. The summed E-state index contributed by atoms with van der Waals surface area (Å²) in [6.07, 6.45) is 2.03. The van der Waals surface area contributed by atoms with Gasteiger partial charge < -0.3 is 15.3 Å². The van der Waals surface area contributed by atoms with Crippen molar-refractivity contribution in [2.45, 2.75) is 25.3 Å². The molecular weight excluding hydrogens is 331 g/mol. The lowest BCUT2D eigenvalue weighted by atomic mass is 10.0. The largest absolute Gasteiger partial charge is 0.480 e. The first-order chi connectivity index (χ1) is 9.49. The lowest BCUT2D eigenvalue weighted by Gasteiger charge is -2.32. The maximum Gasteiger partial charge on any atom is 0.326 e. The Balaban J connectivity index is 2.09. The molecule has 0 aromatic heterocycles. The van der Waals surface area contributed by atoms with Crippen LogP contribution in [0.4, 0.5) is 14.9 Å². The monoisotopic (exact) mass is 344 g/mol. The Morgan fingerprint density at radius 2 is 2.15 bits per heavy atom. The highest BCUT2D eigenvalue weighted by atomic mass is 79.9. The zero-order valence-electron chi connectivity index (χ0n) is 10.6. The van der Waals surface area contributed by atoms with Gasteiger partial charge in [-0.2, -0.15) is 0 Å². The van der Waals surface area contributed by atoms with E-state index in [0.717, 1.165) is 12.8 Å². The number of amides is 2. The van der Waals surface area contributed by atoms with Crippen molar-refractivity contribution < 1.29 is 19.1 Å². The van der Waals surface area contributed by atoms with Gasteiger partial charge in [0.25, 0.3) is 0 Å². The van der Waals surface area contributed by atoms with Gasteiger partial charge in [0.1, 0.15) is 11.9 Å². The third-order valence-electron chi connectivity index (χ3n) is 3.22. The molecule has 0 spiro atoms. The SMILES string of the molecule is O=C(O)C1CCCCN1C(=O)Nc1ccc(F)c(Br)c1. The fourth-order valence-corrected chi connectivity index (χ4v) is 2.58. The van der Waals surface area contributed by atoms with Crippen LogP contribution in [0.1, 0.15) is 19.3 Å². The summed E-state index contributed by atoms with van der Waals surface area (Å²) in [5.41, 5.74) is 0.415. The Morgan fingerprint density at radius 1 is 1.40 bits per heavy atom. The van der Waals surface area contributed by atoms with E-state index in [9.17, 15) is 14.0 Å². The van der Waals surface area contributed by atoms with E-state index >= 15 is 0 Å². The van der Waals surface area contributed by atoms with Crippen molar-refractivity contribution in [2.24, 2.45) is 0 Å². The molecule has 20 heavy (non-hydrogen) atoms. The number of hydrogen-bond acceptors (Lipinski definition) is 2. The molecule has 1 unspecified atom stereocenters. The maximum absolute atomic E-state index is 13.1. The van der Waals surface area contributed by atoms with Gasteiger partial charge >= 0.3 is 12.0 Å². The van der Waals surface area contributed by atoms with Crippen LogP contribution in [-0.4, -0.2) is 34.6 Å². The standard InChI is InChI=1S/C13H14BrFN2O3/c14-9-7-8(4-5-10(9)15)16-13(20)17-6-2-1-3-11(17)12(18)19/h4-5,7,11H,1-3,6H2,(H,16,20)(H,18,19). The van der Waals surface area contributed by atoms with Crippen molar-refractivity contribution in [3.8, 4) is 0 Å². The summed E-state index contributed by atoms with van der Waals surface area (Å²) in [5.74, 6) is -1.43. The molecule has 0 bridgehead atoms. The molecule has 0 aliphatic carbocycles. The van der Waals surface area contributed by atoms with Crippen molar-refractivity contribution in [1.29, 1.82) is 0 Å². The highest BCUT2D eigenvalue weighted by molar-refractivity contribution is 9.10. The summed E-state index contributed by atoms with van der Waals surface area (Å²) < 4.78 is 13.4. The Bertz CT molecular complexity index is 538. The number of piperidine rings is 1. The second-order valence-electron chi connectivity index (χ2n) is 4.60. The molecule has 0 saturated carbocycles. The summed E-state index contributed by atoms with van der Waals surface area (Å²) in [6, 6.07) is 2.82. The van der Waals surface area contributed by atoms with Crippen LogP contribution in [0.25, 0.3) is 0 Å². The summed E-state index contributed by atoms with van der Waals surface area (Å²) in [6.45, 7) is 0.408. The highest BCUT2D eigenvalue weighted by Gasteiger charge is 2.31. The number of anilines is 1. The number of benzene rings is 1. The van der Waals surface area contributed by atoms with Crippen LogP contribution in [0.5, 0.6) is 0 Å². The zero-order valence-corrected chi connectivity index (χ0v) is 12.2. The fourth-order valence-electron chi connectivity index (χ4n) is 2.20. The molecule has 5 nitrogen and oxygen atoms in total. The first kappa shape index (κ1) is 14.8. The van der Waals surface area contributed by atoms with Gasteiger partial charge in [0.05, 0.1) is 4.47 Å². The third kappa shape index (κ3) is 3.27. The van der Waals surface area contributed by atoms with Gasteiger partial charge in [-0.3, -0.25) is 0 Å². The van der Waals surface area contributed by atoms with Gasteiger partial charge in [-0.25, -0.2) is 14.0 Å². The Morgan fingerprint density at radius 3 is 2.80 bits per heavy atom. The van der Waals surface area contributed by atoms with Crippen LogP contribution >= 0.6 is 15.9 Å². The average molecular weight is 345 g/mol. The van der Waals surface area contributed by atoms with Gasteiger partial charge in [-0.05, 0) is 53.4 Å². The summed E-state index contributed by atoms with van der Waals surface area (Å²) in [5, 5.41) is 11.7. The number of likely N-dealkylation sites (tertiary alicyclic amines) is 1. The minimum absolute atomic E-state index is 0.240. The molecule has 1 saturated heterocycles. The van der Waals surface area contributed by atoms with E-state index in [2.05, 4.69) is 21.2 Å². The number of carboxylic acids is 1. The van der Waals surface area contributed by atoms with Gasteiger partial charge in [0.2, 0.25) is 0 Å². The molecule has 1 fully saturated rings. The average Bonchev–Trinajstić information content (AvgIpc) is 2.43. The van der Waals surface area contributed by atoms with Crippen molar-refractivity contribution in [3.05, 3.63) is 28.5 Å². The van der Waals surface area contributed by atoms with Crippen molar-refractivity contribution in [3.63, 3.8) is 0 Å². The zero-order chi connectivity index (χ0) is 14.7. The van der Waals surface area contributed by atoms with Gasteiger partial charge in [0.15, 0.2) is 0 Å². The number of rotatable bonds is 2. The van der Waals surface area contributed by atoms with Crippen LogP contribution in [0.3, 0.4) is 0 Å². The predicted molar refractivity (Wildman–Crippen MR) is 75.1 cm³/mol. The van der Waals surface area contributed by atoms with Crippen LogP contribution in [-0.2, 0) is 4.79 Å². The number of carbonyl (C=O) groups excluding carboxylic acids is 1. The number of halogens is 2. The smallest absolute Gasteiger partial charge is 0.326 e. The fraction of sp³-hybridized carbons (Fsp3) is 0.385. The van der Waals surface area contributed by atoms with E-state index in [4.69, 9.17) is 5.11 Å². The molecule has 7 heteroatoms. The van der Waals surface area contributed by atoms with Crippen LogP contribution < -0.4 is 5.32 Å². The van der Waals surface area contributed by atoms with Gasteiger partial charge in [-0.15, -0.1) is 0 Å². The number of hydrogen-bond donors (Lipinski definition) is 2. The first-order valence-electron chi connectivity index (χ1n) is 6.24. The topological polar surface area (TPSA) is 69.6 Å². The molecule has 1 aromatic carbocycles. The quantitative estimate of drug-likeness (QED) is 0.866. The van der Waals surface area contributed by atoms with Gasteiger partial charge in [-0.1, -0.05) is 0 Å². The van der Waals surface area contributed by atoms with Crippen LogP contribution in [0.2, 0.25) is 0 Å².